The molecule has 8 nitrogen and oxygen atoms in total. The summed E-state index contributed by atoms with van der Waals surface area (Å²) in [4.78, 5) is 51.8. The highest BCUT2D eigenvalue weighted by Crippen LogP contribution is 2.67. The van der Waals surface area contributed by atoms with Crippen molar-refractivity contribution in [1.29, 1.82) is 0 Å². The van der Waals surface area contributed by atoms with Crippen LogP contribution in [0, 0.1) is 22.7 Å². The molecule has 0 spiro atoms. The molecule has 8 heteroatoms. The molecule has 4 unspecified atom stereocenters. The van der Waals surface area contributed by atoms with Crippen LogP contribution in [0.4, 0.5) is 0 Å². The second-order valence-corrected chi connectivity index (χ2v) is 6.60. The van der Waals surface area contributed by atoms with Crippen LogP contribution in [-0.4, -0.2) is 47.4 Å². The van der Waals surface area contributed by atoms with E-state index in [0.717, 1.165) is 0 Å². The van der Waals surface area contributed by atoms with Crippen LogP contribution in [0.2, 0.25) is 0 Å². The van der Waals surface area contributed by atoms with Crippen LogP contribution in [0.5, 0.6) is 0 Å². The van der Waals surface area contributed by atoms with Crippen LogP contribution < -0.4 is 0 Å². The predicted octanol–water partition coefficient (Wildman–Crippen LogP) is 1.90. The maximum Gasteiger partial charge on any atom is 0.311 e. The lowest BCUT2D eigenvalue weighted by molar-refractivity contribution is -0.176. The van der Waals surface area contributed by atoms with Crippen LogP contribution in [0.25, 0.3) is 0 Å². The lowest BCUT2D eigenvalue weighted by Crippen LogP contribution is -2.54. The second-order valence-electron chi connectivity index (χ2n) is 6.60. The molecule has 2 aliphatic rings. The summed E-state index contributed by atoms with van der Waals surface area (Å²) in [5, 5.41) is 20.2. The lowest BCUT2D eigenvalue weighted by Gasteiger charge is -2.45. The molecule has 27 heavy (non-hydrogen) atoms. The molecule has 1 fully saturated rings. The summed E-state index contributed by atoms with van der Waals surface area (Å²) in [6.45, 7) is 0.125. The van der Waals surface area contributed by atoms with E-state index in [1.165, 1.54) is 24.3 Å². The number of carbonyl (C=O) groups excluding carboxylic acids is 2. The first-order valence-corrected chi connectivity index (χ1v) is 8.49. The number of isocyanates is 2. The van der Waals surface area contributed by atoms with Crippen LogP contribution in [0.3, 0.4) is 0 Å². The highest BCUT2D eigenvalue weighted by molar-refractivity contribution is 5.90. The van der Waals surface area contributed by atoms with Gasteiger partial charge in [0.25, 0.3) is 0 Å². The molecular weight excluding hydrogens is 352 g/mol. The van der Waals surface area contributed by atoms with Gasteiger partial charge in [0.1, 0.15) is 0 Å². The first kappa shape index (κ1) is 20.2. The molecular formula is C19H20N2O6. The third-order valence-corrected chi connectivity index (χ3v) is 5.64. The molecule has 0 radical (unpaired) electrons. The van der Waals surface area contributed by atoms with Crippen LogP contribution in [0.1, 0.15) is 19.3 Å². The van der Waals surface area contributed by atoms with Gasteiger partial charge in [-0.2, -0.15) is 0 Å². The third kappa shape index (κ3) is 3.33. The maximum absolute atomic E-state index is 12.4. The Bertz CT molecular complexity index is 724. The van der Waals surface area contributed by atoms with Crippen molar-refractivity contribution in [3.63, 3.8) is 0 Å². The summed E-state index contributed by atoms with van der Waals surface area (Å²) in [5.41, 5.74) is -3.03. The molecule has 0 amide bonds. The largest absolute Gasteiger partial charge is 0.481 e. The highest BCUT2D eigenvalue weighted by atomic mass is 16.4. The average Bonchev–Trinajstić information content (AvgIpc) is 3.21. The number of fused-ring (bicyclic) bond motifs is 2. The van der Waals surface area contributed by atoms with Gasteiger partial charge < -0.3 is 10.2 Å². The first-order valence-electron chi connectivity index (χ1n) is 8.49. The SMILES string of the molecule is O=C=NCC=CCC1(C(=O)O)C2C=CC(C2)C1(CC=CCN=C=O)C(=O)O. The van der Waals surface area contributed by atoms with Gasteiger partial charge in [0.2, 0.25) is 12.2 Å². The van der Waals surface area contributed by atoms with Crippen molar-refractivity contribution >= 4 is 24.1 Å². The van der Waals surface area contributed by atoms with E-state index >= 15 is 0 Å². The second kappa shape index (κ2) is 8.54. The minimum absolute atomic E-state index is 0.00878. The van der Waals surface area contributed by atoms with Gasteiger partial charge in [-0.3, -0.25) is 9.59 Å². The third-order valence-electron chi connectivity index (χ3n) is 5.64. The number of allylic oxidation sites excluding steroid dienone is 4. The Morgan fingerprint density at radius 2 is 1.30 bits per heavy atom. The summed E-state index contributed by atoms with van der Waals surface area (Å²) < 4.78 is 0. The van der Waals surface area contributed by atoms with Gasteiger partial charge in [-0.25, -0.2) is 19.6 Å². The minimum atomic E-state index is -1.52. The first-order chi connectivity index (χ1) is 13.0. The molecule has 2 N–H and O–H groups in total. The average molecular weight is 372 g/mol. The van der Waals surface area contributed by atoms with E-state index in [2.05, 4.69) is 9.98 Å². The summed E-state index contributed by atoms with van der Waals surface area (Å²) >= 11 is 0. The smallest absolute Gasteiger partial charge is 0.311 e. The quantitative estimate of drug-likeness (QED) is 0.342. The van der Waals surface area contributed by atoms with E-state index < -0.39 is 34.6 Å². The number of nitrogens with zero attached hydrogens (tertiary/aromatic N) is 2. The van der Waals surface area contributed by atoms with Gasteiger partial charge >= 0.3 is 11.9 Å². The number of aliphatic carboxylic acids is 2. The van der Waals surface area contributed by atoms with Crippen molar-refractivity contribution < 1.29 is 29.4 Å². The molecule has 1 saturated carbocycles. The van der Waals surface area contributed by atoms with Crippen molar-refractivity contribution in [2.75, 3.05) is 13.1 Å². The summed E-state index contributed by atoms with van der Waals surface area (Å²) in [7, 11) is 0. The number of rotatable bonds is 10. The minimum Gasteiger partial charge on any atom is -0.481 e. The Morgan fingerprint density at radius 1 is 0.889 bits per heavy atom. The van der Waals surface area contributed by atoms with Gasteiger partial charge in [0.05, 0.1) is 23.9 Å². The molecule has 0 aromatic heterocycles. The van der Waals surface area contributed by atoms with Gasteiger partial charge in [-0.15, -0.1) is 0 Å². The summed E-state index contributed by atoms with van der Waals surface area (Å²) in [5.74, 6) is -3.14. The Morgan fingerprint density at radius 3 is 1.63 bits per heavy atom. The van der Waals surface area contributed by atoms with E-state index in [4.69, 9.17) is 0 Å². The molecule has 4 atom stereocenters. The normalized spacial score (nSPS) is 31.1. The molecule has 0 aromatic carbocycles. The van der Waals surface area contributed by atoms with E-state index in [1.807, 2.05) is 0 Å². The van der Waals surface area contributed by atoms with Crippen molar-refractivity contribution in [2.45, 2.75) is 19.3 Å². The molecule has 0 heterocycles. The van der Waals surface area contributed by atoms with Crippen molar-refractivity contribution in [3.05, 3.63) is 36.5 Å². The van der Waals surface area contributed by atoms with E-state index in [9.17, 15) is 29.4 Å². The highest BCUT2D eigenvalue weighted by Gasteiger charge is 2.72. The Labute approximate surface area is 155 Å². The van der Waals surface area contributed by atoms with Crippen LogP contribution in [0.15, 0.2) is 46.4 Å². The fourth-order valence-corrected chi connectivity index (χ4v) is 4.50. The molecule has 2 rings (SSSR count). The number of carboxylic acids is 2. The summed E-state index contributed by atoms with van der Waals surface area (Å²) in [6, 6.07) is 0. The van der Waals surface area contributed by atoms with Gasteiger partial charge in [0, 0.05) is 0 Å². The number of hydrogen-bond acceptors (Lipinski definition) is 6. The Hall–Kier alpha value is -3.08. The molecule has 2 bridgehead atoms. The summed E-state index contributed by atoms with van der Waals surface area (Å²) in [6.07, 6.45) is 13.0. The number of carbonyl (C=O) groups is 2. The molecule has 0 aromatic rings. The van der Waals surface area contributed by atoms with Crippen LogP contribution >= 0.6 is 0 Å². The van der Waals surface area contributed by atoms with Crippen LogP contribution in [-0.2, 0) is 19.2 Å². The van der Waals surface area contributed by atoms with E-state index in [-0.39, 0.29) is 25.9 Å². The lowest BCUT2D eigenvalue weighted by atomic mass is 9.54. The fraction of sp³-hybridized carbons (Fsp3) is 0.474. The monoisotopic (exact) mass is 372 g/mol. The van der Waals surface area contributed by atoms with Gasteiger partial charge in [-0.1, -0.05) is 36.5 Å². The zero-order chi connectivity index (χ0) is 19.9. The molecule has 0 aliphatic heterocycles. The number of aliphatic imine (C=N–C) groups is 2. The predicted molar refractivity (Wildman–Crippen MR) is 94.4 cm³/mol. The van der Waals surface area contributed by atoms with Crippen molar-refractivity contribution in [3.8, 4) is 0 Å². The zero-order valence-corrected chi connectivity index (χ0v) is 14.6. The van der Waals surface area contributed by atoms with Gasteiger partial charge in [0.15, 0.2) is 0 Å². The number of hydrogen-bond donors (Lipinski definition) is 2. The van der Waals surface area contributed by atoms with Crippen molar-refractivity contribution in [1.82, 2.24) is 0 Å². The maximum atomic E-state index is 12.4. The zero-order valence-electron chi connectivity index (χ0n) is 14.6. The molecule has 0 saturated heterocycles. The molecule has 142 valence electrons. The van der Waals surface area contributed by atoms with Gasteiger partial charge in [-0.05, 0) is 31.1 Å². The van der Waals surface area contributed by atoms with Crippen molar-refractivity contribution in [2.24, 2.45) is 32.7 Å². The fourth-order valence-electron chi connectivity index (χ4n) is 4.50. The standard InChI is InChI=1S/C19H20N2O6/c22-12-20-9-3-1-7-18(16(24)25)14-5-6-15(11-14)19(18,17(26)27)8-2-4-10-21-13-23/h1-6,14-15H,7-11H2,(H,24,25)(H,26,27). The number of carboxylic acid groups (broad SMARTS) is 2. The van der Waals surface area contributed by atoms with E-state index in [0.29, 0.717) is 6.42 Å². The Kier molecular flexibility index (Phi) is 6.40. The topological polar surface area (TPSA) is 133 Å². The Balaban J connectivity index is 2.44. The van der Waals surface area contributed by atoms with E-state index in [1.54, 1.807) is 24.3 Å². The molecule has 2 aliphatic carbocycles.